The van der Waals surface area contributed by atoms with Gasteiger partial charge in [0.05, 0.1) is 23.3 Å². The Morgan fingerprint density at radius 1 is 1.53 bits per heavy atom. The van der Waals surface area contributed by atoms with Gasteiger partial charge in [-0.05, 0) is 31.5 Å². The second-order valence-corrected chi connectivity index (χ2v) is 6.79. The molecule has 1 aliphatic heterocycles. The van der Waals surface area contributed by atoms with Crippen LogP contribution >= 0.6 is 0 Å². The number of hydrogen-bond donors (Lipinski definition) is 1. The predicted octanol–water partition coefficient (Wildman–Crippen LogP) is 1.90. The summed E-state index contributed by atoms with van der Waals surface area (Å²) in [7, 11) is -2.99. The molecule has 5 heteroatoms. The van der Waals surface area contributed by atoms with E-state index in [9.17, 15) is 8.42 Å². The van der Waals surface area contributed by atoms with E-state index in [1.165, 1.54) is 0 Å². The van der Waals surface area contributed by atoms with Gasteiger partial charge in [-0.25, -0.2) is 8.42 Å². The molecule has 17 heavy (non-hydrogen) atoms. The van der Waals surface area contributed by atoms with Crippen molar-refractivity contribution >= 4 is 9.84 Å². The predicted molar refractivity (Wildman–Crippen MR) is 66.6 cm³/mol. The summed E-state index contributed by atoms with van der Waals surface area (Å²) in [5, 5.41) is 2.89. The highest BCUT2D eigenvalue weighted by Gasteiger charge is 2.37. The van der Waals surface area contributed by atoms with Crippen LogP contribution in [0.1, 0.15) is 38.0 Å². The van der Waals surface area contributed by atoms with Crippen molar-refractivity contribution in [2.75, 3.05) is 12.3 Å². The van der Waals surface area contributed by atoms with Crippen molar-refractivity contribution in [3.8, 4) is 0 Å². The average molecular weight is 257 g/mol. The fraction of sp³-hybridized carbons (Fsp3) is 0.667. The van der Waals surface area contributed by atoms with Crippen LogP contribution in [0.3, 0.4) is 0 Å². The molecule has 1 aliphatic rings. The van der Waals surface area contributed by atoms with Crippen LogP contribution in [0.15, 0.2) is 22.8 Å². The summed E-state index contributed by atoms with van der Waals surface area (Å²) in [6, 6.07) is 3.44. The standard InChI is InChI=1S/C12H19NO3S/c1-2-13-12(10-6-5-8-16-10)11-7-3-4-9-17(11,14)15/h5-6,8,11-13H,2-4,7,9H2,1H3. The van der Waals surface area contributed by atoms with E-state index in [4.69, 9.17) is 4.42 Å². The molecule has 1 aromatic rings. The highest BCUT2D eigenvalue weighted by Crippen LogP contribution is 2.30. The number of hydrogen-bond acceptors (Lipinski definition) is 4. The summed E-state index contributed by atoms with van der Waals surface area (Å²) in [4.78, 5) is 0. The van der Waals surface area contributed by atoms with Crippen molar-refractivity contribution in [1.29, 1.82) is 0 Å². The first-order valence-electron chi connectivity index (χ1n) is 6.13. The Morgan fingerprint density at radius 2 is 2.35 bits per heavy atom. The molecule has 0 bridgehead atoms. The minimum absolute atomic E-state index is 0.208. The summed E-state index contributed by atoms with van der Waals surface area (Å²) in [6.45, 7) is 2.71. The molecule has 2 atom stereocenters. The van der Waals surface area contributed by atoms with Gasteiger partial charge in [0, 0.05) is 0 Å². The first-order chi connectivity index (χ1) is 8.15. The molecule has 0 amide bonds. The number of rotatable bonds is 4. The summed E-state index contributed by atoms with van der Waals surface area (Å²) in [5.41, 5.74) is 0. The van der Waals surface area contributed by atoms with Crippen LogP contribution in [-0.4, -0.2) is 26.0 Å². The second-order valence-electron chi connectivity index (χ2n) is 4.45. The molecule has 1 N–H and O–H groups in total. The molecule has 0 saturated carbocycles. The lowest BCUT2D eigenvalue weighted by atomic mass is 10.0. The van der Waals surface area contributed by atoms with E-state index in [-0.39, 0.29) is 11.3 Å². The van der Waals surface area contributed by atoms with Gasteiger partial charge in [0.15, 0.2) is 9.84 Å². The maximum Gasteiger partial charge on any atom is 0.155 e. The smallest absolute Gasteiger partial charge is 0.155 e. The Balaban J connectivity index is 2.26. The second kappa shape index (κ2) is 5.23. The van der Waals surface area contributed by atoms with Crippen molar-refractivity contribution in [1.82, 2.24) is 5.32 Å². The summed E-state index contributed by atoms with van der Waals surface area (Å²) >= 11 is 0. The Bertz CT molecular complexity index is 438. The van der Waals surface area contributed by atoms with Crippen LogP contribution in [0.2, 0.25) is 0 Å². The van der Waals surface area contributed by atoms with Crippen molar-refractivity contribution < 1.29 is 12.8 Å². The molecule has 1 fully saturated rings. The summed E-state index contributed by atoms with van der Waals surface area (Å²) in [6.07, 6.45) is 4.08. The quantitative estimate of drug-likeness (QED) is 0.895. The normalized spacial score (nSPS) is 25.6. The van der Waals surface area contributed by atoms with Crippen LogP contribution in [0.4, 0.5) is 0 Å². The summed E-state index contributed by atoms with van der Waals surface area (Å²) < 4.78 is 29.6. The molecule has 1 aromatic heterocycles. The molecule has 0 radical (unpaired) electrons. The van der Waals surface area contributed by atoms with Crippen LogP contribution in [0, 0.1) is 0 Å². The maximum absolute atomic E-state index is 12.1. The lowest BCUT2D eigenvalue weighted by Crippen LogP contribution is -2.40. The Hall–Kier alpha value is -0.810. The van der Waals surface area contributed by atoms with Gasteiger partial charge >= 0.3 is 0 Å². The van der Waals surface area contributed by atoms with Crippen LogP contribution in [-0.2, 0) is 9.84 Å². The molecule has 2 unspecified atom stereocenters. The van der Waals surface area contributed by atoms with Gasteiger partial charge in [-0.1, -0.05) is 13.3 Å². The molecule has 1 saturated heterocycles. The van der Waals surface area contributed by atoms with Crippen molar-refractivity contribution in [3.05, 3.63) is 24.2 Å². The fourth-order valence-electron chi connectivity index (χ4n) is 2.46. The molecule has 0 aromatic carbocycles. The van der Waals surface area contributed by atoms with Gasteiger partial charge in [0.1, 0.15) is 5.76 Å². The van der Waals surface area contributed by atoms with E-state index in [0.29, 0.717) is 5.75 Å². The molecule has 2 heterocycles. The highest BCUT2D eigenvalue weighted by atomic mass is 32.2. The van der Waals surface area contributed by atoms with Crippen LogP contribution in [0.5, 0.6) is 0 Å². The largest absolute Gasteiger partial charge is 0.468 e. The van der Waals surface area contributed by atoms with Crippen molar-refractivity contribution in [2.45, 2.75) is 37.5 Å². The Kier molecular flexibility index (Phi) is 3.89. The van der Waals surface area contributed by atoms with E-state index in [2.05, 4.69) is 5.32 Å². The zero-order valence-electron chi connectivity index (χ0n) is 10.1. The lowest BCUT2D eigenvalue weighted by molar-refractivity contribution is 0.382. The monoisotopic (exact) mass is 257 g/mol. The van der Waals surface area contributed by atoms with E-state index >= 15 is 0 Å². The average Bonchev–Trinajstić information content (AvgIpc) is 2.79. The topological polar surface area (TPSA) is 59.3 Å². The van der Waals surface area contributed by atoms with Crippen LogP contribution in [0.25, 0.3) is 0 Å². The third-order valence-corrected chi connectivity index (χ3v) is 5.56. The zero-order chi connectivity index (χ0) is 12.3. The highest BCUT2D eigenvalue weighted by molar-refractivity contribution is 7.92. The van der Waals surface area contributed by atoms with E-state index in [1.807, 2.05) is 13.0 Å². The van der Waals surface area contributed by atoms with E-state index < -0.39 is 9.84 Å². The third kappa shape index (κ3) is 2.72. The fourth-order valence-corrected chi connectivity index (χ4v) is 4.54. The minimum atomic E-state index is -2.99. The number of furan rings is 1. The third-order valence-electron chi connectivity index (χ3n) is 3.27. The number of sulfone groups is 1. The molecule has 4 nitrogen and oxygen atoms in total. The Morgan fingerprint density at radius 3 is 2.94 bits per heavy atom. The van der Waals surface area contributed by atoms with Gasteiger partial charge in [0.2, 0.25) is 0 Å². The minimum Gasteiger partial charge on any atom is -0.468 e. The molecule has 0 spiro atoms. The zero-order valence-corrected chi connectivity index (χ0v) is 10.9. The first kappa shape index (κ1) is 12.6. The molecule has 0 aliphatic carbocycles. The van der Waals surface area contributed by atoms with E-state index in [0.717, 1.165) is 31.6 Å². The molecular formula is C12H19NO3S. The van der Waals surface area contributed by atoms with Gasteiger partial charge in [-0.15, -0.1) is 0 Å². The van der Waals surface area contributed by atoms with Crippen molar-refractivity contribution in [2.24, 2.45) is 0 Å². The molecule has 96 valence electrons. The SMILES string of the molecule is CCNC(c1ccco1)C1CCCCS1(=O)=O. The molecular weight excluding hydrogens is 238 g/mol. The maximum atomic E-state index is 12.1. The summed E-state index contributed by atoms with van der Waals surface area (Å²) in [5.74, 6) is 1.03. The van der Waals surface area contributed by atoms with E-state index in [1.54, 1.807) is 12.3 Å². The molecule has 2 rings (SSSR count). The van der Waals surface area contributed by atoms with Crippen molar-refractivity contribution in [3.63, 3.8) is 0 Å². The van der Waals surface area contributed by atoms with Gasteiger partial charge in [-0.3, -0.25) is 0 Å². The van der Waals surface area contributed by atoms with Gasteiger partial charge < -0.3 is 9.73 Å². The number of nitrogens with one attached hydrogen (secondary N) is 1. The van der Waals surface area contributed by atoms with Gasteiger partial charge in [-0.2, -0.15) is 0 Å². The Labute approximate surface area is 102 Å². The lowest BCUT2D eigenvalue weighted by Gasteiger charge is -2.29. The first-order valence-corrected chi connectivity index (χ1v) is 7.85. The van der Waals surface area contributed by atoms with Gasteiger partial charge in [0.25, 0.3) is 0 Å². The van der Waals surface area contributed by atoms with Crippen LogP contribution < -0.4 is 5.32 Å².